The van der Waals surface area contributed by atoms with Crippen LogP contribution in [0.2, 0.25) is 0 Å². The van der Waals surface area contributed by atoms with Gasteiger partial charge in [-0.15, -0.1) is 0 Å². The van der Waals surface area contributed by atoms with E-state index in [9.17, 15) is 0 Å². The first kappa shape index (κ1) is 13.5. The average Bonchev–Trinajstić information content (AvgIpc) is 2.39. The molecular weight excluding hydrogens is 334 g/mol. The van der Waals surface area contributed by atoms with E-state index in [1.807, 2.05) is 28.1 Å². The summed E-state index contributed by atoms with van der Waals surface area (Å²) in [5, 5.41) is 2.70. The van der Waals surface area contributed by atoms with Crippen molar-refractivity contribution >= 4 is 66.0 Å². The van der Waals surface area contributed by atoms with Gasteiger partial charge in [-0.3, -0.25) is 0 Å². The van der Waals surface area contributed by atoms with Crippen molar-refractivity contribution in [2.75, 3.05) is 0 Å². The molecule has 0 N–H and O–H groups in total. The third kappa shape index (κ3) is 2.44. The Kier molecular flexibility index (Phi) is 3.89. The molecule has 1 aliphatic rings. The van der Waals surface area contributed by atoms with Gasteiger partial charge < -0.3 is 0 Å². The Morgan fingerprint density at radius 3 is 1.94 bits per heavy atom. The van der Waals surface area contributed by atoms with Crippen LogP contribution >= 0.6 is 43.6 Å². The molecule has 18 heavy (non-hydrogen) atoms. The molecule has 2 aromatic carbocycles. The Labute approximate surface area is 126 Å². The van der Waals surface area contributed by atoms with Crippen molar-refractivity contribution in [3.63, 3.8) is 0 Å². The third-order valence-corrected chi connectivity index (χ3v) is 37.9. The van der Waals surface area contributed by atoms with E-state index >= 15 is 0 Å². The van der Waals surface area contributed by atoms with Gasteiger partial charge in [0.2, 0.25) is 0 Å². The van der Waals surface area contributed by atoms with Gasteiger partial charge in [0.25, 0.3) is 0 Å². The average molecular weight is 346 g/mol. The minimum atomic E-state index is -1.72. The predicted octanol–water partition coefficient (Wildman–Crippen LogP) is 4.85. The van der Waals surface area contributed by atoms with Crippen molar-refractivity contribution in [2.45, 2.75) is 0 Å². The van der Waals surface area contributed by atoms with E-state index < -0.39 is 9.31 Å². The molecule has 0 bridgehead atoms. The summed E-state index contributed by atoms with van der Waals surface area (Å²) in [6.07, 6.45) is 0. The molecule has 0 spiro atoms. The van der Waals surface area contributed by atoms with Crippen LogP contribution in [0, 0.1) is 0 Å². The van der Waals surface area contributed by atoms with E-state index in [2.05, 4.69) is 54.6 Å². The van der Waals surface area contributed by atoms with Crippen LogP contribution in [0.5, 0.6) is 0 Å². The monoisotopic (exact) mass is 346 g/mol. The van der Waals surface area contributed by atoms with E-state index in [-0.39, 0.29) is 0 Å². The van der Waals surface area contributed by atoms with E-state index in [1.165, 1.54) is 10.6 Å². The summed E-state index contributed by atoms with van der Waals surface area (Å²) in [6.45, 7) is 0. The first-order valence-corrected chi connectivity index (χ1v) is 15.9. The third-order valence-electron chi connectivity index (χ3n) is 2.70. The predicted molar refractivity (Wildman–Crippen MR) is 98.9 cm³/mol. The SMILES string of the molecule is S=P1(c2ccccc2)S[PH](S)(c2ccccc2)S1. The van der Waals surface area contributed by atoms with E-state index in [0.717, 1.165) is 0 Å². The number of benzene rings is 2. The molecule has 0 unspecified atom stereocenters. The van der Waals surface area contributed by atoms with Gasteiger partial charge >= 0.3 is 127 Å². The number of hydrogen-bond donors (Lipinski definition) is 1. The first-order valence-electron chi connectivity index (χ1n) is 5.47. The van der Waals surface area contributed by atoms with E-state index in [4.69, 9.17) is 24.1 Å². The first-order chi connectivity index (χ1) is 8.62. The van der Waals surface area contributed by atoms with Crippen molar-refractivity contribution in [3.8, 4) is 0 Å². The summed E-state index contributed by atoms with van der Waals surface area (Å²) in [5.41, 5.74) is 0. The molecule has 0 nitrogen and oxygen atoms in total. The van der Waals surface area contributed by atoms with Crippen LogP contribution < -0.4 is 10.6 Å². The fourth-order valence-corrected chi connectivity index (χ4v) is 50.7. The van der Waals surface area contributed by atoms with Crippen molar-refractivity contribution in [3.05, 3.63) is 60.7 Å². The van der Waals surface area contributed by atoms with Crippen LogP contribution in [-0.4, -0.2) is 0 Å². The van der Waals surface area contributed by atoms with Crippen LogP contribution in [0.1, 0.15) is 0 Å². The Hall–Kier alpha value is 0.570. The molecule has 6 heteroatoms. The van der Waals surface area contributed by atoms with Crippen molar-refractivity contribution in [1.82, 2.24) is 0 Å². The summed E-state index contributed by atoms with van der Waals surface area (Å²) in [7, 11) is 0. The van der Waals surface area contributed by atoms with Gasteiger partial charge in [0.05, 0.1) is 0 Å². The van der Waals surface area contributed by atoms with Crippen molar-refractivity contribution < 1.29 is 0 Å². The topological polar surface area (TPSA) is 0 Å². The second-order valence-electron chi connectivity index (χ2n) is 3.96. The number of rotatable bonds is 2. The molecule has 0 saturated carbocycles. The van der Waals surface area contributed by atoms with Crippen LogP contribution in [0.4, 0.5) is 0 Å². The molecular formula is C12H12P2S4. The maximum absolute atomic E-state index is 5.87. The second kappa shape index (κ2) is 5.16. The molecule has 3 rings (SSSR count). The standard InChI is InChI=1S/C12H12P2S4/c15-13(11-7-3-1-4-8-11)17-14(16,18-13)12-9-5-2-6-10-12/h1-10,13,15H. The molecule has 0 atom stereocenters. The zero-order valence-corrected chi connectivity index (χ0v) is 14.6. The summed E-state index contributed by atoms with van der Waals surface area (Å²) in [4.78, 5) is -1.72. The fraction of sp³-hybridized carbons (Fsp3) is 0. The molecule has 0 radical (unpaired) electrons. The van der Waals surface area contributed by atoms with Gasteiger partial charge in [0.15, 0.2) is 0 Å². The number of hydrogen-bond acceptors (Lipinski definition) is 4. The zero-order valence-electron chi connectivity index (χ0n) is 9.39. The summed E-state index contributed by atoms with van der Waals surface area (Å²) in [5.74, 6) is 0. The Bertz CT molecular complexity index is 590. The Morgan fingerprint density at radius 1 is 0.889 bits per heavy atom. The molecule has 2 aromatic rings. The normalized spacial score (nSPS) is 27.2. The molecule has 1 aliphatic heterocycles. The van der Waals surface area contributed by atoms with Crippen LogP contribution in [0.25, 0.3) is 0 Å². The summed E-state index contributed by atoms with van der Waals surface area (Å²) >= 11 is 14.8. The number of thiol groups is 1. The summed E-state index contributed by atoms with van der Waals surface area (Å²) in [6, 6.07) is 21.1. The van der Waals surface area contributed by atoms with Crippen molar-refractivity contribution in [1.29, 1.82) is 0 Å². The Morgan fingerprint density at radius 2 is 1.39 bits per heavy atom. The maximum atomic E-state index is 5.87. The van der Waals surface area contributed by atoms with Gasteiger partial charge in [-0.1, -0.05) is 0 Å². The van der Waals surface area contributed by atoms with Crippen LogP contribution in [0.15, 0.2) is 60.7 Å². The fourth-order valence-electron chi connectivity index (χ4n) is 1.80. The second-order valence-corrected chi connectivity index (χ2v) is 27.2. The van der Waals surface area contributed by atoms with E-state index in [1.54, 1.807) is 0 Å². The van der Waals surface area contributed by atoms with Gasteiger partial charge in [0, 0.05) is 0 Å². The van der Waals surface area contributed by atoms with Gasteiger partial charge in [-0.2, -0.15) is 0 Å². The minimum absolute atomic E-state index is 1.32. The van der Waals surface area contributed by atoms with Gasteiger partial charge in [-0.05, 0) is 0 Å². The van der Waals surface area contributed by atoms with Gasteiger partial charge in [-0.25, -0.2) is 0 Å². The van der Waals surface area contributed by atoms with Crippen LogP contribution in [-0.2, 0) is 11.8 Å². The summed E-state index contributed by atoms with van der Waals surface area (Å²) < 4.78 is -1.48. The van der Waals surface area contributed by atoms with Crippen molar-refractivity contribution in [2.24, 2.45) is 0 Å². The molecule has 94 valence electrons. The molecule has 1 heterocycles. The van der Waals surface area contributed by atoms with Gasteiger partial charge in [0.1, 0.15) is 0 Å². The molecule has 0 aromatic heterocycles. The Balaban J connectivity index is 1.87. The quantitative estimate of drug-likeness (QED) is 0.610. The molecule has 1 fully saturated rings. The molecule has 0 amide bonds. The molecule has 0 aliphatic carbocycles. The van der Waals surface area contributed by atoms with E-state index in [0.29, 0.717) is 0 Å². The zero-order chi connectivity index (χ0) is 12.6. The van der Waals surface area contributed by atoms with Crippen LogP contribution in [0.3, 0.4) is 0 Å². The molecule has 1 saturated heterocycles.